The number of hydrogen-bond acceptors (Lipinski definition) is 4. The lowest BCUT2D eigenvalue weighted by Gasteiger charge is -2.27. The number of rotatable bonds is 6. The Morgan fingerprint density at radius 1 is 1.32 bits per heavy atom. The van der Waals surface area contributed by atoms with E-state index in [1.807, 2.05) is 4.90 Å². The Morgan fingerprint density at radius 2 is 1.89 bits per heavy atom. The lowest BCUT2D eigenvalue weighted by atomic mass is 10.2. The van der Waals surface area contributed by atoms with E-state index in [-0.39, 0.29) is 5.75 Å². The maximum atomic E-state index is 12.1. The summed E-state index contributed by atoms with van der Waals surface area (Å²) in [6, 6.07) is -1.13. The van der Waals surface area contributed by atoms with Crippen molar-refractivity contribution in [1.29, 1.82) is 0 Å². The predicted molar refractivity (Wildman–Crippen MR) is 66.4 cm³/mol. The van der Waals surface area contributed by atoms with Gasteiger partial charge in [-0.3, -0.25) is 4.90 Å². The van der Waals surface area contributed by atoms with E-state index in [9.17, 15) is 21.6 Å². The Hall–Kier alpha value is -0.380. The number of nitrogens with zero attached hydrogens (tertiary/aromatic N) is 1. The van der Waals surface area contributed by atoms with E-state index in [4.69, 9.17) is 0 Å². The van der Waals surface area contributed by atoms with E-state index in [1.54, 1.807) is 0 Å². The van der Waals surface area contributed by atoms with Gasteiger partial charge in [-0.2, -0.15) is 13.2 Å². The summed E-state index contributed by atoms with van der Waals surface area (Å²) in [5.74, 6) is -0.171. The van der Waals surface area contributed by atoms with Crippen molar-refractivity contribution in [3.8, 4) is 0 Å². The highest BCUT2D eigenvalue weighted by atomic mass is 32.2. The van der Waals surface area contributed by atoms with E-state index < -0.39 is 28.7 Å². The minimum absolute atomic E-state index is 0.171. The fourth-order valence-corrected chi connectivity index (χ4v) is 3.25. The summed E-state index contributed by atoms with van der Waals surface area (Å²) in [7, 11) is -3.66. The van der Waals surface area contributed by atoms with Crippen molar-refractivity contribution in [3.63, 3.8) is 0 Å². The standard InChI is InChI=1S/C10H20F3N3O2S/c1-9(8-10(11,12)13)15-19(17,18)7-6-16-4-2-14-3-5-16/h9,14-15H,2-8H2,1H3. The molecule has 0 radical (unpaired) electrons. The van der Waals surface area contributed by atoms with Gasteiger partial charge < -0.3 is 5.32 Å². The van der Waals surface area contributed by atoms with Gasteiger partial charge >= 0.3 is 6.18 Å². The maximum Gasteiger partial charge on any atom is 0.390 e. The van der Waals surface area contributed by atoms with Gasteiger partial charge in [0.05, 0.1) is 12.2 Å². The van der Waals surface area contributed by atoms with Crippen LogP contribution >= 0.6 is 0 Å². The number of hydrogen-bond donors (Lipinski definition) is 2. The first kappa shape index (κ1) is 16.7. The van der Waals surface area contributed by atoms with Gasteiger partial charge in [-0.1, -0.05) is 0 Å². The van der Waals surface area contributed by atoms with Crippen LogP contribution in [0.5, 0.6) is 0 Å². The number of sulfonamides is 1. The molecule has 1 atom stereocenters. The van der Waals surface area contributed by atoms with Crippen LogP contribution in [0.15, 0.2) is 0 Å². The highest BCUT2D eigenvalue weighted by Crippen LogP contribution is 2.21. The summed E-state index contributed by atoms with van der Waals surface area (Å²) < 4.78 is 61.7. The van der Waals surface area contributed by atoms with Crippen LogP contribution in [0.2, 0.25) is 0 Å². The normalized spacial score (nSPS) is 20.4. The summed E-state index contributed by atoms with van der Waals surface area (Å²) in [6.45, 7) is 4.68. The molecule has 1 rings (SSSR count). The molecule has 0 aromatic heterocycles. The van der Waals surface area contributed by atoms with Crippen LogP contribution in [0.25, 0.3) is 0 Å². The van der Waals surface area contributed by atoms with Crippen molar-refractivity contribution >= 4 is 10.0 Å². The van der Waals surface area contributed by atoms with E-state index >= 15 is 0 Å². The van der Waals surface area contributed by atoms with Crippen molar-refractivity contribution in [2.75, 3.05) is 38.5 Å². The molecule has 19 heavy (non-hydrogen) atoms. The zero-order valence-corrected chi connectivity index (χ0v) is 11.6. The molecule has 114 valence electrons. The van der Waals surface area contributed by atoms with Crippen molar-refractivity contribution in [3.05, 3.63) is 0 Å². The molecule has 1 aliphatic rings. The third-order valence-electron chi connectivity index (χ3n) is 2.80. The Balaban J connectivity index is 2.34. The van der Waals surface area contributed by atoms with Crippen molar-refractivity contribution in [2.24, 2.45) is 0 Å². The minimum Gasteiger partial charge on any atom is -0.314 e. The maximum absolute atomic E-state index is 12.1. The fraction of sp³-hybridized carbons (Fsp3) is 1.00. The van der Waals surface area contributed by atoms with Crippen molar-refractivity contribution < 1.29 is 21.6 Å². The van der Waals surface area contributed by atoms with Crippen molar-refractivity contribution in [2.45, 2.75) is 25.6 Å². The molecule has 1 saturated heterocycles. The monoisotopic (exact) mass is 303 g/mol. The van der Waals surface area contributed by atoms with Crippen LogP contribution in [-0.2, 0) is 10.0 Å². The number of halogens is 3. The summed E-state index contributed by atoms with van der Waals surface area (Å²) >= 11 is 0. The quantitative estimate of drug-likeness (QED) is 0.733. The summed E-state index contributed by atoms with van der Waals surface area (Å²) in [6.07, 6.45) is -5.51. The third-order valence-corrected chi connectivity index (χ3v) is 4.29. The highest BCUT2D eigenvalue weighted by molar-refractivity contribution is 7.89. The first-order valence-electron chi connectivity index (χ1n) is 6.18. The summed E-state index contributed by atoms with van der Waals surface area (Å²) in [4.78, 5) is 1.98. The molecule has 0 saturated carbocycles. The molecule has 0 bridgehead atoms. The molecule has 2 N–H and O–H groups in total. The van der Waals surface area contributed by atoms with E-state index in [0.29, 0.717) is 6.54 Å². The number of nitrogens with one attached hydrogen (secondary N) is 2. The topological polar surface area (TPSA) is 61.4 Å². The van der Waals surface area contributed by atoms with E-state index in [1.165, 1.54) is 6.92 Å². The van der Waals surface area contributed by atoms with Crippen LogP contribution < -0.4 is 10.0 Å². The van der Waals surface area contributed by atoms with Gasteiger partial charge in [0.15, 0.2) is 0 Å². The highest BCUT2D eigenvalue weighted by Gasteiger charge is 2.31. The molecule has 1 aliphatic heterocycles. The van der Waals surface area contributed by atoms with Crippen LogP contribution in [-0.4, -0.2) is 64.0 Å². The van der Waals surface area contributed by atoms with Gasteiger partial charge in [-0.15, -0.1) is 0 Å². The zero-order valence-electron chi connectivity index (χ0n) is 10.8. The lowest BCUT2D eigenvalue weighted by molar-refractivity contribution is -0.137. The largest absolute Gasteiger partial charge is 0.390 e. The second kappa shape index (κ2) is 6.87. The second-order valence-corrected chi connectivity index (χ2v) is 6.62. The Kier molecular flexibility index (Phi) is 6.03. The Labute approximate surface area is 111 Å². The van der Waals surface area contributed by atoms with Crippen LogP contribution in [0.1, 0.15) is 13.3 Å². The average Bonchev–Trinajstić information content (AvgIpc) is 2.24. The molecular weight excluding hydrogens is 283 g/mol. The molecule has 0 amide bonds. The first-order chi connectivity index (χ1) is 8.68. The predicted octanol–water partition coefficient (Wildman–Crippen LogP) is 0.152. The third kappa shape index (κ3) is 7.71. The molecular formula is C10H20F3N3O2S. The molecule has 0 aliphatic carbocycles. The smallest absolute Gasteiger partial charge is 0.314 e. The van der Waals surface area contributed by atoms with Gasteiger partial charge in [0.2, 0.25) is 10.0 Å². The van der Waals surface area contributed by atoms with E-state index in [2.05, 4.69) is 10.0 Å². The van der Waals surface area contributed by atoms with Gasteiger partial charge in [0.1, 0.15) is 0 Å². The molecule has 1 fully saturated rings. The molecule has 9 heteroatoms. The van der Waals surface area contributed by atoms with Gasteiger partial charge in [0.25, 0.3) is 0 Å². The average molecular weight is 303 g/mol. The second-order valence-electron chi connectivity index (χ2n) is 4.75. The number of alkyl halides is 3. The van der Waals surface area contributed by atoms with E-state index in [0.717, 1.165) is 26.2 Å². The summed E-state index contributed by atoms with van der Waals surface area (Å²) in [5, 5.41) is 3.14. The first-order valence-corrected chi connectivity index (χ1v) is 7.83. The van der Waals surface area contributed by atoms with Gasteiger partial charge in [-0.05, 0) is 6.92 Å². The zero-order chi connectivity index (χ0) is 14.5. The lowest BCUT2D eigenvalue weighted by Crippen LogP contribution is -2.46. The molecule has 1 heterocycles. The Morgan fingerprint density at radius 3 is 2.42 bits per heavy atom. The van der Waals surface area contributed by atoms with Crippen molar-refractivity contribution in [1.82, 2.24) is 14.9 Å². The van der Waals surface area contributed by atoms with Crippen LogP contribution in [0.4, 0.5) is 13.2 Å². The molecule has 1 unspecified atom stereocenters. The SMILES string of the molecule is CC(CC(F)(F)F)NS(=O)(=O)CCN1CCNCC1. The molecule has 0 aromatic carbocycles. The fourth-order valence-electron chi connectivity index (χ4n) is 1.94. The van der Waals surface area contributed by atoms with Crippen LogP contribution in [0, 0.1) is 0 Å². The molecule has 0 aromatic rings. The minimum atomic E-state index is -4.36. The molecule has 5 nitrogen and oxygen atoms in total. The Bertz CT molecular complexity index is 367. The van der Waals surface area contributed by atoms with Gasteiger partial charge in [-0.25, -0.2) is 13.1 Å². The summed E-state index contributed by atoms with van der Waals surface area (Å²) in [5.41, 5.74) is 0. The molecule has 0 spiro atoms. The van der Waals surface area contributed by atoms with Gasteiger partial charge in [0, 0.05) is 38.8 Å². The number of piperazine rings is 1. The van der Waals surface area contributed by atoms with Crippen LogP contribution in [0.3, 0.4) is 0 Å².